The zero-order chi connectivity index (χ0) is 35.6. The number of benzene rings is 7. The Bertz CT molecular complexity index is 2810. The van der Waals surface area contributed by atoms with Gasteiger partial charge in [0.1, 0.15) is 11.5 Å². The molecule has 2 aliphatic rings. The average Bonchev–Trinajstić information content (AvgIpc) is 3.55. The molecule has 0 N–H and O–H groups in total. The van der Waals surface area contributed by atoms with E-state index in [1.54, 1.807) is 0 Å². The normalized spacial score (nSPS) is 13.1. The highest BCUT2D eigenvalue weighted by molar-refractivity contribution is 6.05. The number of aromatic nitrogens is 3. The van der Waals surface area contributed by atoms with E-state index in [1.807, 2.05) is 24.4 Å². The van der Waals surface area contributed by atoms with Crippen molar-refractivity contribution in [2.45, 2.75) is 5.41 Å². The van der Waals surface area contributed by atoms with Crippen LogP contribution in [-0.4, -0.2) is 15.0 Å². The van der Waals surface area contributed by atoms with Crippen LogP contribution in [-0.2, 0) is 5.41 Å². The maximum absolute atomic E-state index is 6.68. The molecule has 3 heterocycles. The van der Waals surface area contributed by atoms with Gasteiger partial charge in [-0.3, -0.25) is 4.98 Å². The van der Waals surface area contributed by atoms with Crippen LogP contribution in [0.1, 0.15) is 22.3 Å². The third kappa shape index (κ3) is 4.40. The highest BCUT2D eigenvalue weighted by Crippen LogP contribution is 2.64. The maximum Gasteiger partial charge on any atom is 0.161 e. The summed E-state index contributed by atoms with van der Waals surface area (Å²) in [6, 6.07) is 63.9. The van der Waals surface area contributed by atoms with Crippen molar-refractivity contribution >= 4 is 10.9 Å². The molecule has 7 aromatic carbocycles. The number of rotatable bonds is 4. The molecule has 0 unspecified atom stereocenters. The van der Waals surface area contributed by atoms with Crippen LogP contribution in [0.4, 0.5) is 0 Å². The summed E-state index contributed by atoms with van der Waals surface area (Å²) in [5.41, 5.74) is 14.2. The predicted molar refractivity (Wildman–Crippen MR) is 216 cm³/mol. The zero-order valence-electron chi connectivity index (χ0n) is 29.1. The van der Waals surface area contributed by atoms with E-state index < -0.39 is 5.41 Å². The van der Waals surface area contributed by atoms with Gasteiger partial charge in [0.05, 0.1) is 22.3 Å². The van der Waals surface area contributed by atoms with Crippen LogP contribution in [0.3, 0.4) is 0 Å². The van der Waals surface area contributed by atoms with E-state index in [-0.39, 0.29) is 0 Å². The van der Waals surface area contributed by atoms with Gasteiger partial charge in [0.2, 0.25) is 0 Å². The van der Waals surface area contributed by atoms with E-state index in [4.69, 9.17) is 19.7 Å². The van der Waals surface area contributed by atoms with Crippen molar-refractivity contribution in [3.63, 3.8) is 0 Å². The Kier molecular flexibility index (Phi) is 6.73. The van der Waals surface area contributed by atoms with Crippen LogP contribution >= 0.6 is 0 Å². The Morgan fingerprint density at radius 3 is 1.56 bits per heavy atom. The quantitative estimate of drug-likeness (QED) is 0.185. The van der Waals surface area contributed by atoms with Gasteiger partial charge < -0.3 is 4.74 Å². The van der Waals surface area contributed by atoms with Gasteiger partial charge in [-0.15, -0.1) is 0 Å². The second kappa shape index (κ2) is 11.9. The molecule has 0 fully saturated rings. The molecule has 4 heteroatoms. The average molecular weight is 690 g/mol. The lowest BCUT2D eigenvalue weighted by atomic mass is 9.66. The fourth-order valence-corrected chi connectivity index (χ4v) is 8.80. The second-order valence-electron chi connectivity index (χ2n) is 13.9. The number of para-hydroxylation sites is 3. The van der Waals surface area contributed by atoms with Gasteiger partial charge in [-0.05, 0) is 52.1 Å². The molecular formula is C50H31N3O. The zero-order valence-corrected chi connectivity index (χ0v) is 29.1. The van der Waals surface area contributed by atoms with Crippen LogP contribution in [0.5, 0.6) is 11.5 Å². The number of hydrogen-bond donors (Lipinski definition) is 0. The monoisotopic (exact) mass is 689 g/mol. The number of ether oxygens (including phenoxy) is 1. The van der Waals surface area contributed by atoms with Gasteiger partial charge >= 0.3 is 0 Å². The minimum atomic E-state index is -0.667. The lowest BCUT2D eigenvalue weighted by Gasteiger charge is -2.39. The third-order valence-electron chi connectivity index (χ3n) is 11.0. The lowest BCUT2D eigenvalue weighted by molar-refractivity contribution is 0.436. The Hall–Kier alpha value is -7.17. The van der Waals surface area contributed by atoms with Crippen molar-refractivity contribution in [2.24, 2.45) is 0 Å². The predicted octanol–water partition coefficient (Wildman–Crippen LogP) is 12.2. The van der Waals surface area contributed by atoms with Gasteiger partial charge in [0.25, 0.3) is 0 Å². The molecule has 54 heavy (non-hydrogen) atoms. The smallest absolute Gasteiger partial charge is 0.161 e. The highest BCUT2D eigenvalue weighted by Gasteiger charge is 2.52. The summed E-state index contributed by atoms with van der Waals surface area (Å²) < 4.78 is 6.68. The number of pyridine rings is 1. The lowest BCUT2D eigenvalue weighted by Crippen LogP contribution is -2.32. The van der Waals surface area contributed by atoms with E-state index in [1.165, 1.54) is 11.1 Å². The van der Waals surface area contributed by atoms with Crippen molar-refractivity contribution in [3.05, 3.63) is 210 Å². The molecule has 0 atom stereocenters. The summed E-state index contributed by atoms with van der Waals surface area (Å²) in [5, 5.41) is 1.10. The van der Waals surface area contributed by atoms with Crippen LogP contribution in [0.25, 0.3) is 67.1 Å². The minimum absolute atomic E-state index is 0.667. The molecule has 4 nitrogen and oxygen atoms in total. The van der Waals surface area contributed by atoms with E-state index in [2.05, 4.69) is 164 Å². The summed E-state index contributed by atoms with van der Waals surface area (Å²) in [5.74, 6) is 2.38. The van der Waals surface area contributed by atoms with E-state index in [0.29, 0.717) is 5.82 Å². The molecular weight excluding hydrogens is 659 g/mol. The van der Waals surface area contributed by atoms with Crippen LogP contribution < -0.4 is 4.74 Å². The first-order valence-electron chi connectivity index (χ1n) is 18.3. The molecule has 0 saturated heterocycles. The molecule has 1 spiro atoms. The molecule has 0 saturated carbocycles. The first-order chi connectivity index (χ1) is 26.8. The SMILES string of the molecule is c1ccc(-c2cc(-c3ccccc3)nc(-c3cccc4c3-c3c(-c5cccc6cccnc56)cccc3C43c4ccccc4Oc4ccccc43)n2)cc1. The van der Waals surface area contributed by atoms with Gasteiger partial charge in [-0.25, -0.2) is 9.97 Å². The van der Waals surface area contributed by atoms with Gasteiger partial charge in [0, 0.05) is 45.0 Å². The maximum atomic E-state index is 6.68. The molecule has 1 aliphatic heterocycles. The summed E-state index contributed by atoms with van der Waals surface area (Å²) in [4.78, 5) is 15.7. The topological polar surface area (TPSA) is 47.9 Å². The number of fused-ring (bicyclic) bond motifs is 10. The largest absolute Gasteiger partial charge is 0.457 e. The Morgan fingerprint density at radius 1 is 0.407 bits per heavy atom. The van der Waals surface area contributed by atoms with Crippen LogP contribution in [0.15, 0.2) is 188 Å². The molecule has 9 aromatic rings. The summed E-state index contributed by atoms with van der Waals surface area (Å²) in [6.07, 6.45) is 1.88. The van der Waals surface area contributed by atoms with Gasteiger partial charge in [0.15, 0.2) is 5.82 Å². The fraction of sp³-hybridized carbons (Fsp3) is 0.0200. The fourth-order valence-electron chi connectivity index (χ4n) is 8.80. The minimum Gasteiger partial charge on any atom is -0.457 e. The summed E-state index contributed by atoms with van der Waals surface area (Å²) in [7, 11) is 0. The molecule has 2 aromatic heterocycles. The van der Waals surface area contributed by atoms with Crippen molar-refractivity contribution in [1.82, 2.24) is 15.0 Å². The van der Waals surface area contributed by atoms with Crippen molar-refractivity contribution in [1.29, 1.82) is 0 Å². The Balaban J connectivity index is 1.29. The Morgan fingerprint density at radius 2 is 0.907 bits per heavy atom. The molecule has 1 aliphatic carbocycles. The molecule has 0 bridgehead atoms. The van der Waals surface area contributed by atoms with E-state index >= 15 is 0 Å². The molecule has 252 valence electrons. The first kappa shape index (κ1) is 30.5. The summed E-state index contributed by atoms with van der Waals surface area (Å²) >= 11 is 0. The first-order valence-corrected chi connectivity index (χ1v) is 18.3. The van der Waals surface area contributed by atoms with Crippen LogP contribution in [0.2, 0.25) is 0 Å². The van der Waals surface area contributed by atoms with Crippen LogP contribution in [0, 0.1) is 0 Å². The van der Waals surface area contributed by atoms with Gasteiger partial charge in [-0.1, -0.05) is 158 Å². The standard InChI is InChI=1S/C50H31N3O/c1-3-15-32(16-4-1)42-31-43(33-17-5-2-6-18-33)53-49(52-42)37-23-13-27-41-47(37)46-35(36-22-11-19-34-20-14-30-51-48(34)36)21-12-26-40(46)50(41)38-24-7-9-28-44(38)54-45-29-10-8-25-39(45)50/h1-31H. The Labute approximate surface area is 313 Å². The summed E-state index contributed by atoms with van der Waals surface area (Å²) in [6.45, 7) is 0. The number of nitrogens with zero attached hydrogens (tertiary/aromatic N) is 3. The molecule has 0 radical (unpaired) electrons. The molecule has 11 rings (SSSR count). The highest BCUT2D eigenvalue weighted by atomic mass is 16.5. The third-order valence-corrected chi connectivity index (χ3v) is 11.0. The second-order valence-corrected chi connectivity index (χ2v) is 13.9. The van der Waals surface area contributed by atoms with E-state index in [0.717, 1.165) is 83.9 Å². The molecule has 0 amide bonds. The van der Waals surface area contributed by atoms with Gasteiger partial charge in [-0.2, -0.15) is 0 Å². The van der Waals surface area contributed by atoms with Crippen molar-refractivity contribution in [2.75, 3.05) is 0 Å². The van der Waals surface area contributed by atoms with Crippen molar-refractivity contribution < 1.29 is 4.74 Å². The van der Waals surface area contributed by atoms with E-state index in [9.17, 15) is 0 Å². The van der Waals surface area contributed by atoms with Crippen molar-refractivity contribution in [3.8, 4) is 67.7 Å². The number of hydrogen-bond acceptors (Lipinski definition) is 4.